The van der Waals surface area contributed by atoms with E-state index in [9.17, 15) is 18.3 Å². The Labute approximate surface area is 177 Å². The lowest BCUT2D eigenvalue weighted by atomic mass is 10.0. The van der Waals surface area contributed by atoms with Crippen LogP contribution in [0.3, 0.4) is 0 Å². The molecule has 1 aromatic heterocycles. The average molecular weight is 443 g/mol. The van der Waals surface area contributed by atoms with Crippen molar-refractivity contribution < 1.29 is 18.3 Å². The number of nitrogens with zero attached hydrogens (tertiary/aromatic N) is 2. The Morgan fingerprint density at radius 3 is 2.57 bits per heavy atom. The summed E-state index contributed by atoms with van der Waals surface area (Å²) in [6, 6.07) is 7.20. The number of Topliss-reactive ketones (excluding diaryl/α,β-unsaturated/α-hetero) is 1. The number of aromatic amines is 1. The van der Waals surface area contributed by atoms with Gasteiger partial charge in [0.25, 0.3) is 10.0 Å². The minimum atomic E-state index is -4.03. The number of hydrogen-bond donors (Lipinski definition) is 3. The van der Waals surface area contributed by atoms with Crippen molar-refractivity contribution in [1.29, 1.82) is 0 Å². The van der Waals surface area contributed by atoms with E-state index < -0.39 is 10.0 Å². The highest BCUT2D eigenvalue weighted by atomic mass is 32.2. The summed E-state index contributed by atoms with van der Waals surface area (Å²) in [5.41, 5.74) is 1.13. The molecular weight excluding hydrogens is 424 g/mol. The number of rotatable bonds is 8. The molecule has 154 valence electrons. The number of nitrogens with one attached hydrogen (secondary N) is 2. The van der Waals surface area contributed by atoms with Crippen LogP contribution < -0.4 is 4.72 Å². The van der Waals surface area contributed by atoms with Gasteiger partial charge >= 0.3 is 0 Å². The third-order valence-corrected chi connectivity index (χ3v) is 6.43. The molecule has 3 aromatic rings. The first kappa shape index (κ1) is 21.3. The van der Waals surface area contributed by atoms with Gasteiger partial charge in [0.1, 0.15) is 12.1 Å². The Morgan fingerprint density at radius 1 is 1.23 bits per heavy atom. The van der Waals surface area contributed by atoms with Crippen molar-refractivity contribution in [2.75, 3.05) is 4.72 Å². The number of hydrogen-bond acceptors (Lipinski definition) is 7. The molecule has 0 bridgehead atoms. The Kier molecular flexibility index (Phi) is 6.09. The van der Waals surface area contributed by atoms with Crippen LogP contribution in [0, 0.1) is 0 Å². The number of carbonyl (C=O) groups excluding carboxylic acids is 1. The second kappa shape index (κ2) is 8.56. The molecular formula is C20H18N4O4S2. The Morgan fingerprint density at radius 2 is 1.97 bits per heavy atom. The number of aromatic hydroxyl groups is 1. The number of benzene rings is 2. The number of anilines is 1. The maximum atomic E-state index is 13.0. The van der Waals surface area contributed by atoms with Gasteiger partial charge in [0.15, 0.2) is 10.9 Å². The van der Waals surface area contributed by atoms with Crippen molar-refractivity contribution >= 4 is 45.4 Å². The van der Waals surface area contributed by atoms with Gasteiger partial charge in [-0.2, -0.15) is 5.10 Å². The van der Waals surface area contributed by atoms with Crippen LogP contribution in [-0.4, -0.2) is 34.5 Å². The van der Waals surface area contributed by atoms with Crippen LogP contribution in [-0.2, 0) is 10.0 Å². The van der Waals surface area contributed by atoms with Crippen LogP contribution in [0.4, 0.5) is 5.69 Å². The fourth-order valence-electron chi connectivity index (χ4n) is 2.70. The summed E-state index contributed by atoms with van der Waals surface area (Å²) in [7, 11) is -4.03. The second-order valence-corrected chi connectivity index (χ2v) is 8.80. The normalized spacial score (nSPS) is 11.1. The van der Waals surface area contributed by atoms with E-state index >= 15 is 0 Å². The topological polar surface area (TPSA) is 125 Å². The first-order valence-electron chi connectivity index (χ1n) is 8.58. The highest BCUT2D eigenvalue weighted by molar-refractivity contribution is 7.99. The molecule has 0 saturated carbocycles. The molecule has 0 saturated heterocycles. The van der Waals surface area contributed by atoms with Crippen molar-refractivity contribution in [2.45, 2.75) is 21.9 Å². The summed E-state index contributed by atoms with van der Waals surface area (Å²) in [6.45, 7) is 8.77. The number of H-pyrrole nitrogens is 1. The molecule has 0 spiro atoms. The zero-order valence-electron chi connectivity index (χ0n) is 15.9. The molecule has 30 heavy (non-hydrogen) atoms. The van der Waals surface area contributed by atoms with Gasteiger partial charge in [-0.25, -0.2) is 13.4 Å². The van der Waals surface area contributed by atoms with Gasteiger partial charge < -0.3 is 5.11 Å². The predicted octanol–water partition coefficient (Wildman–Crippen LogP) is 3.95. The van der Waals surface area contributed by atoms with Gasteiger partial charge in [-0.1, -0.05) is 37.4 Å². The lowest BCUT2D eigenvalue weighted by molar-refractivity contribution is 0.101. The van der Waals surface area contributed by atoms with Crippen molar-refractivity contribution in [3.05, 3.63) is 66.5 Å². The molecule has 1 heterocycles. The molecule has 0 aliphatic heterocycles. The van der Waals surface area contributed by atoms with E-state index in [-0.39, 0.29) is 27.7 Å². The third-order valence-electron chi connectivity index (χ3n) is 4.15. The van der Waals surface area contributed by atoms with E-state index in [0.29, 0.717) is 21.2 Å². The third kappa shape index (κ3) is 4.29. The van der Waals surface area contributed by atoms with Crippen molar-refractivity contribution in [1.82, 2.24) is 15.2 Å². The number of phenolic OH excluding ortho intramolecular Hbond substituents is 1. The first-order chi connectivity index (χ1) is 14.3. The van der Waals surface area contributed by atoms with Crippen LogP contribution in [0.25, 0.3) is 12.2 Å². The first-order valence-corrected chi connectivity index (χ1v) is 10.9. The lowest BCUT2D eigenvalue weighted by Crippen LogP contribution is -2.15. The maximum Gasteiger partial charge on any atom is 0.261 e. The van der Waals surface area contributed by atoms with E-state index in [1.54, 1.807) is 6.07 Å². The van der Waals surface area contributed by atoms with E-state index in [4.69, 9.17) is 0 Å². The van der Waals surface area contributed by atoms with Crippen LogP contribution in [0.2, 0.25) is 0 Å². The van der Waals surface area contributed by atoms with Gasteiger partial charge in [0, 0.05) is 16.7 Å². The molecule has 2 aromatic carbocycles. The number of aromatic nitrogens is 3. The molecule has 0 amide bonds. The summed E-state index contributed by atoms with van der Waals surface area (Å²) in [5.74, 6) is -0.342. The number of carbonyl (C=O) groups is 1. The molecule has 0 radical (unpaired) electrons. The standard InChI is InChI=1S/C20H18N4O4S2/c1-4-15-16(5-2)19(26)18(29-20-21-11-22-23-20)10-17(15)24-30(27,28)14-8-6-7-13(9-14)12(3)25/h4-11,24,26H,1-2H2,3H3,(H,21,22,23). The molecule has 0 aliphatic carbocycles. The molecule has 0 unspecified atom stereocenters. The predicted molar refractivity (Wildman–Crippen MR) is 116 cm³/mol. The molecule has 10 heteroatoms. The van der Waals surface area contributed by atoms with Crippen LogP contribution in [0.15, 0.2) is 64.8 Å². The zero-order chi connectivity index (χ0) is 21.9. The highest BCUT2D eigenvalue weighted by Gasteiger charge is 2.21. The quantitative estimate of drug-likeness (QED) is 0.356. The number of phenols is 1. The summed E-state index contributed by atoms with van der Waals surface area (Å²) in [6.07, 6.45) is 4.14. The van der Waals surface area contributed by atoms with Gasteiger partial charge in [-0.15, -0.1) is 0 Å². The minimum Gasteiger partial charge on any atom is -0.506 e. The monoisotopic (exact) mass is 442 g/mol. The smallest absolute Gasteiger partial charge is 0.261 e. The molecule has 8 nitrogen and oxygen atoms in total. The number of sulfonamides is 1. The van der Waals surface area contributed by atoms with E-state index in [1.165, 1.54) is 49.7 Å². The summed E-state index contributed by atoms with van der Waals surface area (Å²) >= 11 is 1.07. The maximum absolute atomic E-state index is 13.0. The average Bonchev–Trinajstić information content (AvgIpc) is 3.23. The van der Waals surface area contributed by atoms with Crippen molar-refractivity contribution in [3.8, 4) is 5.75 Å². The largest absolute Gasteiger partial charge is 0.506 e. The second-order valence-electron chi connectivity index (χ2n) is 6.09. The van der Waals surface area contributed by atoms with Gasteiger partial charge in [-0.05, 0) is 36.9 Å². The Hall–Kier alpha value is -3.37. The van der Waals surface area contributed by atoms with Gasteiger partial charge in [-0.3, -0.25) is 14.6 Å². The molecule has 0 fully saturated rings. The molecule has 0 aliphatic rings. The minimum absolute atomic E-state index is 0.0668. The fraction of sp³-hybridized carbons (Fsp3) is 0.0500. The molecule has 3 rings (SSSR count). The SMILES string of the molecule is C=Cc1c(NS(=O)(=O)c2cccc(C(C)=O)c2)cc(Sc2ncn[nH]2)c(O)c1C=C. The van der Waals surface area contributed by atoms with Crippen molar-refractivity contribution in [2.24, 2.45) is 0 Å². The highest BCUT2D eigenvalue weighted by Crippen LogP contribution is 2.41. The summed E-state index contributed by atoms with van der Waals surface area (Å²) in [5, 5.41) is 17.4. The zero-order valence-corrected chi connectivity index (χ0v) is 17.5. The fourth-order valence-corrected chi connectivity index (χ4v) is 4.61. The van der Waals surface area contributed by atoms with Crippen molar-refractivity contribution in [3.63, 3.8) is 0 Å². The molecule has 3 N–H and O–H groups in total. The van der Waals surface area contributed by atoms with Crippen LogP contribution in [0.1, 0.15) is 28.4 Å². The van der Waals surface area contributed by atoms with E-state index in [2.05, 4.69) is 33.1 Å². The summed E-state index contributed by atoms with van der Waals surface area (Å²) in [4.78, 5) is 15.9. The Bertz CT molecular complexity index is 1240. The van der Waals surface area contributed by atoms with E-state index in [1.807, 2.05) is 0 Å². The summed E-state index contributed by atoms with van der Waals surface area (Å²) < 4.78 is 28.5. The van der Waals surface area contributed by atoms with Crippen LogP contribution >= 0.6 is 11.8 Å². The lowest BCUT2D eigenvalue weighted by Gasteiger charge is -2.16. The van der Waals surface area contributed by atoms with Gasteiger partial charge in [0.2, 0.25) is 0 Å². The van der Waals surface area contributed by atoms with Crippen LogP contribution in [0.5, 0.6) is 5.75 Å². The Balaban J connectivity index is 2.10. The number of ketones is 1. The van der Waals surface area contributed by atoms with E-state index in [0.717, 1.165) is 11.8 Å². The van der Waals surface area contributed by atoms with Gasteiger partial charge in [0.05, 0.1) is 15.5 Å². The molecule has 0 atom stereocenters.